The predicted molar refractivity (Wildman–Crippen MR) is 62.4 cm³/mol. The molecule has 78 valence electrons. The van der Waals surface area contributed by atoms with Crippen LogP contribution in [0.4, 0.5) is 0 Å². The molecule has 1 aromatic carbocycles. The fourth-order valence-electron chi connectivity index (χ4n) is 1.07. The highest BCUT2D eigenvalue weighted by Gasteiger charge is 2.16. The number of hydrogen-bond donors (Lipinski definition) is 1. The molecule has 1 N–H and O–H groups in total. The molecule has 1 aromatic rings. The van der Waals surface area contributed by atoms with Gasteiger partial charge >= 0.3 is 0 Å². The number of hydrogen-bond acceptors (Lipinski definition) is 2. The van der Waals surface area contributed by atoms with Gasteiger partial charge < -0.3 is 4.53 Å². The van der Waals surface area contributed by atoms with Crippen molar-refractivity contribution in [3.63, 3.8) is 0 Å². The Labute approximate surface area is 87.4 Å². The molecule has 0 saturated heterocycles. The third-order valence-corrected chi connectivity index (χ3v) is 2.57. The van der Waals surface area contributed by atoms with Gasteiger partial charge in [0.1, 0.15) is 0 Å². The zero-order valence-corrected chi connectivity index (χ0v) is 10.4. The summed E-state index contributed by atoms with van der Waals surface area (Å²) in [6.07, 6.45) is 0. The molecule has 2 nitrogen and oxygen atoms in total. The van der Waals surface area contributed by atoms with Gasteiger partial charge in [0.15, 0.2) is 0 Å². The minimum atomic E-state index is -1.46. The lowest BCUT2D eigenvalue weighted by molar-refractivity contribution is 0.154. The second-order valence-electron chi connectivity index (χ2n) is 4.46. The average molecular weight is 209 g/mol. The maximum absolute atomic E-state index is 5.63. The van der Waals surface area contributed by atoms with E-state index in [1.165, 1.54) is 5.56 Å². The molecule has 0 fully saturated rings. The third-order valence-electron chi connectivity index (χ3n) is 1.84. The topological polar surface area (TPSA) is 21.3 Å². The molecule has 0 aliphatic heterocycles. The molecule has 0 bridgehead atoms. The van der Waals surface area contributed by atoms with Crippen LogP contribution in [0.25, 0.3) is 0 Å². The van der Waals surface area contributed by atoms with E-state index in [1.807, 2.05) is 18.2 Å². The summed E-state index contributed by atoms with van der Waals surface area (Å²) in [7, 11) is -1.46. The predicted octanol–water partition coefficient (Wildman–Crippen LogP) is 3.10. The molecule has 14 heavy (non-hydrogen) atoms. The highest BCUT2D eigenvalue weighted by molar-refractivity contribution is 6.69. The molecule has 0 unspecified atom stereocenters. The van der Waals surface area contributed by atoms with Gasteiger partial charge in [0.25, 0.3) is 0 Å². The van der Waals surface area contributed by atoms with E-state index in [-0.39, 0.29) is 6.04 Å². The van der Waals surface area contributed by atoms with Crippen LogP contribution >= 0.6 is 0 Å². The Balaban J connectivity index is 2.48. The summed E-state index contributed by atoms with van der Waals surface area (Å²) in [5.41, 5.74) is 4.36. The van der Waals surface area contributed by atoms with Gasteiger partial charge in [-0.05, 0) is 32.1 Å². The van der Waals surface area contributed by atoms with Gasteiger partial charge in [-0.2, -0.15) is 0 Å². The maximum atomic E-state index is 5.63. The lowest BCUT2D eigenvalue weighted by atomic mass is 10.1. The quantitative estimate of drug-likeness (QED) is 0.608. The highest BCUT2D eigenvalue weighted by atomic mass is 28.4. The van der Waals surface area contributed by atoms with Gasteiger partial charge in [-0.15, -0.1) is 0 Å². The van der Waals surface area contributed by atoms with Gasteiger partial charge in [-0.25, -0.2) is 5.48 Å². The SMILES string of the molecule is C[C@@H](NO[Si](C)(C)C)c1ccccc1. The van der Waals surface area contributed by atoms with E-state index in [2.05, 4.69) is 44.2 Å². The molecule has 0 aromatic heterocycles. The molecule has 0 amide bonds. The first-order chi connectivity index (χ1) is 6.49. The first-order valence-electron chi connectivity index (χ1n) is 4.97. The van der Waals surface area contributed by atoms with Crippen LogP contribution in [-0.2, 0) is 4.53 Å². The van der Waals surface area contributed by atoms with E-state index in [4.69, 9.17) is 4.53 Å². The number of rotatable bonds is 4. The van der Waals surface area contributed by atoms with Gasteiger partial charge in [0, 0.05) is 0 Å². The van der Waals surface area contributed by atoms with Crippen LogP contribution < -0.4 is 5.48 Å². The summed E-state index contributed by atoms with van der Waals surface area (Å²) in [5, 5.41) is 0. The van der Waals surface area contributed by atoms with Gasteiger partial charge in [-0.1, -0.05) is 30.3 Å². The molecule has 0 heterocycles. The number of hydroxylamine groups is 1. The van der Waals surface area contributed by atoms with E-state index in [9.17, 15) is 0 Å². The van der Waals surface area contributed by atoms with Crippen LogP contribution in [0.2, 0.25) is 19.6 Å². The number of nitrogens with one attached hydrogen (secondary N) is 1. The Morgan fingerprint density at radius 2 is 1.71 bits per heavy atom. The van der Waals surface area contributed by atoms with Crippen molar-refractivity contribution >= 4 is 8.32 Å². The fraction of sp³-hybridized carbons (Fsp3) is 0.455. The summed E-state index contributed by atoms with van der Waals surface area (Å²) in [6.45, 7) is 8.60. The molecule has 0 spiro atoms. The summed E-state index contributed by atoms with van der Waals surface area (Å²) < 4.78 is 5.63. The minimum Gasteiger partial charge on any atom is -0.345 e. The lowest BCUT2D eigenvalue weighted by Gasteiger charge is -2.21. The molecule has 0 radical (unpaired) electrons. The second-order valence-corrected chi connectivity index (χ2v) is 8.89. The second kappa shape index (κ2) is 4.73. The molecule has 0 aliphatic carbocycles. The van der Waals surface area contributed by atoms with Crippen LogP contribution in [-0.4, -0.2) is 8.32 Å². The highest BCUT2D eigenvalue weighted by Crippen LogP contribution is 2.12. The molecule has 1 atom stereocenters. The molecular formula is C11H19NOSi. The third kappa shape index (κ3) is 4.04. The van der Waals surface area contributed by atoms with Crippen molar-refractivity contribution in [1.82, 2.24) is 5.48 Å². The number of benzene rings is 1. The fourth-order valence-corrected chi connectivity index (χ4v) is 1.61. The molecule has 1 rings (SSSR count). The van der Waals surface area contributed by atoms with E-state index in [0.29, 0.717) is 0 Å². The molecule has 0 aliphatic rings. The first kappa shape index (κ1) is 11.4. The van der Waals surface area contributed by atoms with Crippen molar-refractivity contribution in [3.05, 3.63) is 35.9 Å². The maximum Gasteiger partial charge on any atom is 0.211 e. The Kier molecular flexibility index (Phi) is 3.86. The monoisotopic (exact) mass is 209 g/mol. The van der Waals surface area contributed by atoms with Crippen molar-refractivity contribution < 1.29 is 4.53 Å². The zero-order valence-electron chi connectivity index (χ0n) is 9.37. The van der Waals surface area contributed by atoms with Crippen LogP contribution in [0, 0.1) is 0 Å². The van der Waals surface area contributed by atoms with E-state index in [0.717, 1.165) is 0 Å². The Bertz CT molecular complexity index is 268. The van der Waals surface area contributed by atoms with Crippen LogP contribution in [0.15, 0.2) is 30.3 Å². The van der Waals surface area contributed by atoms with E-state index >= 15 is 0 Å². The summed E-state index contributed by atoms with van der Waals surface area (Å²) >= 11 is 0. The van der Waals surface area contributed by atoms with Crippen LogP contribution in [0.3, 0.4) is 0 Å². The standard InChI is InChI=1S/C11H19NOSi/c1-10(12-13-14(2,3)4)11-8-6-5-7-9-11/h5-10,12H,1-4H3/t10-/m1/s1. The van der Waals surface area contributed by atoms with E-state index in [1.54, 1.807) is 0 Å². The smallest absolute Gasteiger partial charge is 0.211 e. The molecule has 3 heteroatoms. The van der Waals surface area contributed by atoms with Crippen molar-refractivity contribution in [2.45, 2.75) is 32.6 Å². The van der Waals surface area contributed by atoms with E-state index < -0.39 is 8.32 Å². The van der Waals surface area contributed by atoms with Gasteiger partial charge in [-0.3, -0.25) is 0 Å². The van der Waals surface area contributed by atoms with Crippen molar-refractivity contribution in [2.24, 2.45) is 0 Å². The van der Waals surface area contributed by atoms with Crippen LogP contribution in [0.5, 0.6) is 0 Å². The van der Waals surface area contributed by atoms with Gasteiger partial charge in [0.05, 0.1) is 6.04 Å². The Morgan fingerprint density at radius 3 is 2.21 bits per heavy atom. The summed E-state index contributed by atoms with van der Waals surface area (Å²) in [6, 6.07) is 10.6. The zero-order chi connectivity index (χ0) is 10.6. The first-order valence-corrected chi connectivity index (χ1v) is 8.38. The van der Waals surface area contributed by atoms with Crippen molar-refractivity contribution in [3.8, 4) is 0 Å². The van der Waals surface area contributed by atoms with Crippen LogP contribution in [0.1, 0.15) is 18.5 Å². The largest absolute Gasteiger partial charge is 0.345 e. The minimum absolute atomic E-state index is 0.253. The van der Waals surface area contributed by atoms with Gasteiger partial charge in [0.2, 0.25) is 8.32 Å². The van der Waals surface area contributed by atoms with Crippen molar-refractivity contribution in [2.75, 3.05) is 0 Å². The molecular weight excluding hydrogens is 190 g/mol. The lowest BCUT2D eigenvalue weighted by Crippen LogP contribution is -2.34. The summed E-state index contributed by atoms with van der Waals surface area (Å²) in [5.74, 6) is 0. The normalized spacial score (nSPS) is 14.0. The Morgan fingerprint density at radius 1 is 1.14 bits per heavy atom. The summed E-state index contributed by atoms with van der Waals surface area (Å²) in [4.78, 5) is 0. The average Bonchev–Trinajstić information content (AvgIpc) is 2.14. The Hall–Kier alpha value is -0.643. The van der Waals surface area contributed by atoms with Crippen molar-refractivity contribution in [1.29, 1.82) is 0 Å². The molecule has 0 saturated carbocycles.